The number of carbonyl (C=O) groups is 1. The summed E-state index contributed by atoms with van der Waals surface area (Å²) in [6, 6.07) is 15.0. The maximum absolute atomic E-state index is 12.1. The molecule has 2 aromatic rings. The van der Waals surface area contributed by atoms with E-state index >= 15 is 0 Å². The summed E-state index contributed by atoms with van der Waals surface area (Å²) in [5.74, 6) is 1.71. The van der Waals surface area contributed by atoms with Crippen molar-refractivity contribution >= 4 is 23.4 Å². The number of hydrogen-bond donors (Lipinski definition) is 2. The summed E-state index contributed by atoms with van der Waals surface area (Å²) in [7, 11) is 0. The first kappa shape index (κ1) is 31.6. The number of rotatable bonds is 4. The van der Waals surface area contributed by atoms with Crippen LogP contribution in [-0.4, -0.2) is 54.0 Å². The average Bonchev–Trinajstić information content (AvgIpc) is 2.82. The molecule has 8 heteroatoms. The quantitative estimate of drug-likeness (QED) is 0.403. The van der Waals surface area contributed by atoms with Gasteiger partial charge in [-0.1, -0.05) is 19.0 Å². The summed E-state index contributed by atoms with van der Waals surface area (Å²) in [6.07, 6.45) is 3.40. The molecule has 3 N–H and O–H groups in total. The highest BCUT2D eigenvalue weighted by molar-refractivity contribution is 6.30. The fourth-order valence-electron chi connectivity index (χ4n) is 4.26. The predicted octanol–water partition coefficient (Wildman–Crippen LogP) is 6.93. The van der Waals surface area contributed by atoms with E-state index in [4.69, 9.17) is 31.5 Å². The van der Waals surface area contributed by atoms with Gasteiger partial charge in [0, 0.05) is 36.6 Å². The number of carbonyl (C=O) groups excluding carboxylic acids is 1. The number of piperidine rings is 2. The van der Waals surface area contributed by atoms with Crippen LogP contribution in [0.25, 0.3) is 0 Å². The second kappa shape index (κ2) is 13.4. The molecule has 212 valence electrons. The van der Waals surface area contributed by atoms with Crippen molar-refractivity contribution in [1.82, 2.24) is 10.2 Å². The lowest BCUT2D eigenvalue weighted by Gasteiger charge is -2.39. The number of nitrogens with zero attached hydrogens (tertiary/aromatic N) is 1. The van der Waals surface area contributed by atoms with Crippen LogP contribution in [0.2, 0.25) is 5.02 Å². The first-order valence-electron chi connectivity index (χ1n) is 13.0. The molecule has 2 aliphatic rings. The predicted molar refractivity (Wildman–Crippen MR) is 156 cm³/mol. The van der Waals surface area contributed by atoms with Crippen molar-refractivity contribution in [2.45, 2.75) is 84.5 Å². The van der Waals surface area contributed by atoms with Crippen molar-refractivity contribution in [2.75, 3.05) is 31.9 Å². The van der Waals surface area contributed by atoms with Crippen LogP contribution in [0, 0.1) is 0 Å². The molecule has 4 rings (SSSR count). The van der Waals surface area contributed by atoms with Crippen LogP contribution in [0.4, 0.5) is 10.5 Å². The highest BCUT2D eigenvalue weighted by Crippen LogP contribution is 2.30. The van der Waals surface area contributed by atoms with E-state index in [1.165, 1.54) is 0 Å². The van der Waals surface area contributed by atoms with Gasteiger partial charge in [-0.2, -0.15) is 0 Å². The Bertz CT molecular complexity index is 992. The third-order valence-electron chi connectivity index (χ3n) is 6.56. The molecule has 0 unspecified atom stereocenters. The number of anilines is 1. The van der Waals surface area contributed by atoms with Crippen LogP contribution >= 0.6 is 11.6 Å². The number of halogens is 1. The fraction of sp³-hybridized carbons (Fsp3) is 0.567. The molecule has 1 amide bonds. The molecule has 0 spiro atoms. The lowest BCUT2D eigenvalue weighted by molar-refractivity contribution is -0.00982. The molecular weight excluding hydrogens is 502 g/mol. The van der Waals surface area contributed by atoms with Gasteiger partial charge in [0.25, 0.3) is 0 Å². The van der Waals surface area contributed by atoms with E-state index in [0.29, 0.717) is 13.1 Å². The zero-order chi connectivity index (χ0) is 27.1. The van der Waals surface area contributed by atoms with Gasteiger partial charge in [0.2, 0.25) is 0 Å². The van der Waals surface area contributed by atoms with Gasteiger partial charge in [-0.15, -0.1) is 0 Å². The summed E-state index contributed by atoms with van der Waals surface area (Å²) < 4.78 is 17.5. The van der Waals surface area contributed by atoms with Gasteiger partial charge < -0.3 is 30.2 Å². The molecule has 2 aromatic carbocycles. The Morgan fingerprint density at radius 3 is 1.79 bits per heavy atom. The number of hydrogen-bond acceptors (Lipinski definition) is 6. The molecule has 0 radical (unpaired) electrons. The van der Waals surface area contributed by atoms with Gasteiger partial charge in [0.05, 0.1) is 0 Å². The van der Waals surface area contributed by atoms with Gasteiger partial charge in [0.15, 0.2) is 0 Å². The number of amides is 1. The normalized spacial score (nSPS) is 18.2. The van der Waals surface area contributed by atoms with E-state index in [1.807, 2.05) is 69.3 Å². The lowest BCUT2D eigenvalue weighted by atomic mass is 9.93. The number of nitrogens with one attached hydrogen (secondary N) is 1. The van der Waals surface area contributed by atoms with Crippen molar-refractivity contribution < 1.29 is 19.0 Å². The highest BCUT2D eigenvalue weighted by atomic mass is 35.5. The Hall–Kier alpha value is -2.64. The third-order valence-corrected chi connectivity index (χ3v) is 6.81. The monoisotopic (exact) mass is 547 g/mol. The molecule has 0 atom stereocenters. The first-order valence-corrected chi connectivity index (χ1v) is 13.4. The van der Waals surface area contributed by atoms with Crippen molar-refractivity contribution in [1.29, 1.82) is 0 Å². The van der Waals surface area contributed by atoms with Crippen LogP contribution in [0.5, 0.6) is 11.5 Å². The molecule has 2 aliphatic heterocycles. The van der Waals surface area contributed by atoms with Gasteiger partial charge in [-0.25, -0.2) is 4.79 Å². The molecule has 2 saturated heterocycles. The smallest absolute Gasteiger partial charge is 0.410 e. The van der Waals surface area contributed by atoms with Crippen LogP contribution in [0.3, 0.4) is 0 Å². The number of ether oxygens (including phenoxy) is 3. The number of likely N-dealkylation sites (tertiary alicyclic amines) is 1. The van der Waals surface area contributed by atoms with Crippen LogP contribution < -0.4 is 20.5 Å². The largest absolute Gasteiger partial charge is 0.487 e. The Balaban J connectivity index is 0.000000277. The molecule has 0 aromatic heterocycles. The lowest BCUT2D eigenvalue weighted by Crippen LogP contribution is -2.49. The van der Waals surface area contributed by atoms with E-state index < -0.39 is 5.60 Å². The van der Waals surface area contributed by atoms with E-state index in [1.54, 1.807) is 4.90 Å². The minimum atomic E-state index is -0.460. The summed E-state index contributed by atoms with van der Waals surface area (Å²) in [5.41, 5.74) is 5.64. The average molecular weight is 548 g/mol. The van der Waals surface area contributed by atoms with Gasteiger partial charge in [-0.3, -0.25) is 0 Å². The first-order chi connectivity index (χ1) is 17.3. The Morgan fingerprint density at radius 2 is 1.32 bits per heavy atom. The highest BCUT2D eigenvalue weighted by Gasteiger charge is 2.35. The minimum Gasteiger partial charge on any atom is -0.487 e. The maximum atomic E-state index is 12.1. The fourth-order valence-corrected chi connectivity index (χ4v) is 4.38. The minimum absolute atomic E-state index is 0. The number of nitrogens with two attached hydrogens (primary N) is 1. The molecule has 0 aliphatic carbocycles. The van der Waals surface area contributed by atoms with Crippen LogP contribution in [0.1, 0.15) is 67.7 Å². The zero-order valence-corrected chi connectivity index (χ0v) is 23.6. The molecule has 7 nitrogen and oxygen atoms in total. The van der Waals surface area contributed by atoms with Gasteiger partial charge >= 0.3 is 6.09 Å². The topological polar surface area (TPSA) is 86.0 Å². The SMILES string of the molecule is C.CC(C)(C)OC(=O)N1CCC(C)(Oc2ccc(N)cc2)CC1.CC1(Oc2ccc(Cl)cc2)CCNCC1. The van der Waals surface area contributed by atoms with Crippen LogP contribution in [-0.2, 0) is 4.74 Å². The van der Waals surface area contributed by atoms with Crippen molar-refractivity contribution in [3.63, 3.8) is 0 Å². The third kappa shape index (κ3) is 10.3. The van der Waals surface area contributed by atoms with Crippen molar-refractivity contribution in [3.8, 4) is 11.5 Å². The second-order valence-electron chi connectivity index (χ2n) is 11.3. The standard InChI is InChI=1S/C17H26N2O3.C12H16ClNO.CH4/c1-16(2,3)22-15(20)19-11-9-17(4,10-12-19)21-14-7-5-13(18)6-8-14;1-12(6-8-14-9-7-12)15-11-4-2-10(13)3-5-11;/h5-8H,9-12,18H2,1-4H3;2-5,14H,6-9H2,1H3;1H4. The second-order valence-corrected chi connectivity index (χ2v) is 11.8. The number of benzene rings is 2. The van der Waals surface area contributed by atoms with Crippen molar-refractivity contribution in [2.24, 2.45) is 0 Å². The molecule has 2 fully saturated rings. The molecule has 0 saturated carbocycles. The zero-order valence-electron chi connectivity index (χ0n) is 22.8. The van der Waals surface area contributed by atoms with Gasteiger partial charge in [-0.05, 0) is 109 Å². The number of nitrogen functional groups attached to an aromatic ring is 1. The molecule has 2 heterocycles. The summed E-state index contributed by atoms with van der Waals surface area (Å²) in [5, 5.41) is 4.08. The van der Waals surface area contributed by atoms with E-state index in [9.17, 15) is 4.79 Å². The van der Waals surface area contributed by atoms with E-state index in [0.717, 1.165) is 61.0 Å². The molecular formula is C30H46ClN3O4. The summed E-state index contributed by atoms with van der Waals surface area (Å²) >= 11 is 5.82. The Labute approximate surface area is 234 Å². The van der Waals surface area contributed by atoms with E-state index in [-0.39, 0.29) is 24.7 Å². The van der Waals surface area contributed by atoms with Crippen LogP contribution in [0.15, 0.2) is 48.5 Å². The molecule has 0 bridgehead atoms. The summed E-state index contributed by atoms with van der Waals surface area (Å²) in [4.78, 5) is 13.8. The Morgan fingerprint density at radius 1 is 0.868 bits per heavy atom. The van der Waals surface area contributed by atoms with E-state index in [2.05, 4.69) is 19.2 Å². The van der Waals surface area contributed by atoms with Crippen molar-refractivity contribution in [3.05, 3.63) is 53.6 Å². The Kier molecular flexibility index (Phi) is 11.2. The summed E-state index contributed by atoms with van der Waals surface area (Å²) in [6.45, 7) is 13.2. The van der Waals surface area contributed by atoms with Gasteiger partial charge in [0.1, 0.15) is 28.3 Å². The maximum Gasteiger partial charge on any atom is 0.410 e. The molecule has 38 heavy (non-hydrogen) atoms.